The van der Waals surface area contributed by atoms with Crippen LogP contribution in [-0.2, 0) is 0 Å². The normalized spacial score (nSPS) is 10.7. The van der Waals surface area contributed by atoms with Gasteiger partial charge in [-0.25, -0.2) is 13.2 Å². The van der Waals surface area contributed by atoms with Crippen molar-refractivity contribution < 1.29 is 18.3 Å². The molecule has 0 amide bonds. The third kappa shape index (κ3) is 2.26. The average molecular weight is 293 g/mol. The molecule has 18 heavy (non-hydrogen) atoms. The van der Waals surface area contributed by atoms with Crippen molar-refractivity contribution in [2.75, 3.05) is 0 Å². The second-order valence-corrected chi connectivity index (χ2v) is 4.34. The van der Waals surface area contributed by atoms with Gasteiger partial charge in [0.05, 0.1) is 10.0 Å². The lowest BCUT2D eigenvalue weighted by Crippen LogP contribution is -1.92. The van der Waals surface area contributed by atoms with Gasteiger partial charge in [0.25, 0.3) is 0 Å². The van der Waals surface area contributed by atoms with E-state index in [0.29, 0.717) is 12.1 Å². The summed E-state index contributed by atoms with van der Waals surface area (Å²) in [7, 11) is 0. The molecule has 0 bridgehead atoms. The van der Waals surface area contributed by atoms with Crippen molar-refractivity contribution in [3.63, 3.8) is 0 Å². The molecule has 0 saturated heterocycles. The molecule has 0 aliphatic heterocycles. The average Bonchev–Trinajstić information content (AvgIpc) is 2.29. The molecule has 2 rings (SSSR count). The molecule has 6 heteroatoms. The standard InChI is InChI=1S/C12H5Cl2F3O/c13-7-3-12(18)8(14)1-5(7)6-2-10(16)11(17)4-9(6)15/h1-4,18H. The maximum absolute atomic E-state index is 13.6. The summed E-state index contributed by atoms with van der Waals surface area (Å²) in [6, 6.07) is 3.37. The lowest BCUT2D eigenvalue weighted by atomic mass is 10.0. The van der Waals surface area contributed by atoms with Crippen molar-refractivity contribution in [2.24, 2.45) is 0 Å². The number of phenolic OH excluding ortho intramolecular Hbond substituents is 1. The predicted octanol–water partition coefficient (Wildman–Crippen LogP) is 4.78. The Labute approximate surface area is 110 Å². The van der Waals surface area contributed by atoms with Crippen LogP contribution in [0.4, 0.5) is 13.2 Å². The number of halogens is 5. The van der Waals surface area contributed by atoms with Crippen molar-refractivity contribution in [3.05, 3.63) is 51.8 Å². The molecular weight excluding hydrogens is 288 g/mol. The number of rotatable bonds is 1. The predicted molar refractivity (Wildman–Crippen MR) is 63.4 cm³/mol. The van der Waals surface area contributed by atoms with Crippen molar-refractivity contribution >= 4 is 23.2 Å². The summed E-state index contributed by atoms with van der Waals surface area (Å²) in [5.74, 6) is -3.75. The topological polar surface area (TPSA) is 20.2 Å². The molecule has 0 saturated carbocycles. The molecule has 0 aliphatic rings. The summed E-state index contributed by atoms with van der Waals surface area (Å²) >= 11 is 11.5. The molecule has 2 aromatic rings. The summed E-state index contributed by atoms with van der Waals surface area (Å²) < 4.78 is 39.5. The van der Waals surface area contributed by atoms with E-state index in [0.717, 1.165) is 6.07 Å². The van der Waals surface area contributed by atoms with Crippen LogP contribution in [0.5, 0.6) is 5.75 Å². The first kappa shape index (κ1) is 13.1. The Bertz CT molecular complexity index is 574. The van der Waals surface area contributed by atoms with Crippen LogP contribution in [0.25, 0.3) is 11.1 Å². The summed E-state index contributed by atoms with van der Waals surface area (Å²) in [4.78, 5) is 0. The second kappa shape index (κ2) is 4.71. The maximum atomic E-state index is 13.6. The molecule has 94 valence electrons. The Kier molecular flexibility index (Phi) is 3.41. The van der Waals surface area contributed by atoms with Crippen LogP contribution in [-0.4, -0.2) is 5.11 Å². The van der Waals surface area contributed by atoms with E-state index in [1.807, 2.05) is 0 Å². The third-order valence-corrected chi connectivity index (χ3v) is 2.95. The van der Waals surface area contributed by atoms with Gasteiger partial charge in [-0.2, -0.15) is 0 Å². The lowest BCUT2D eigenvalue weighted by Gasteiger charge is -2.08. The summed E-state index contributed by atoms with van der Waals surface area (Å²) in [5, 5.41) is 9.20. The van der Waals surface area contributed by atoms with Crippen LogP contribution in [0.3, 0.4) is 0 Å². The van der Waals surface area contributed by atoms with Gasteiger partial charge in [-0.05, 0) is 12.1 Å². The van der Waals surface area contributed by atoms with Gasteiger partial charge >= 0.3 is 0 Å². The zero-order valence-corrected chi connectivity index (χ0v) is 10.2. The van der Waals surface area contributed by atoms with Crippen molar-refractivity contribution in [2.45, 2.75) is 0 Å². The Morgan fingerprint density at radius 2 is 1.33 bits per heavy atom. The molecule has 2 aromatic carbocycles. The first-order chi connectivity index (χ1) is 8.40. The fourth-order valence-electron chi connectivity index (χ4n) is 1.47. The van der Waals surface area contributed by atoms with Crippen molar-refractivity contribution in [1.29, 1.82) is 0 Å². The first-order valence-corrected chi connectivity index (χ1v) is 5.48. The molecule has 0 aliphatic carbocycles. The fraction of sp³-hybridized carbons (Fsp3) is 0. The van der Waals surface area contributed by atoms with E-state index >= 15 is 0 Å². The van der Waals surface area contributed by atoms with Gasteiger partial charge in [-0.3, -0.25) is 0 Å². The van der Waals surface area contributed by atoms with E-state index in [1.54, 1.807) is 0 Å². The smallest absolute Gasteiger partial charge is 0.161 e. The highest BCUT2D eigenvalue weighted by Crippen LogP contribution is 2.37. The van der Waals surface area contributed by atoms with E-state index in [4.69, 9.17) is 23.2 Å². The van der Waals surface area contributed by atoms with Crippen LogP contribution in [0.1, 0.15) is 0 Å². The SMILES string of the molecule is Oc1cc(Cl)c(-c2cc(F)c(F)cc2F)cc1Cl. The molecule has 0 heterocycles. The minimum Gasteiger partial charge on any atom is -0.506 e. The largest absolute Gasteiger partial charge is 0.506 e. The quantitative estimate of drug-likeness (QED) is 0.750. The molecule has 0 aromatic heterocycles. The molecule has 0 radical (unpaired) electrons. The van der Waals surface area contributed by atoms with E-state index in [2.05, 4.69) is 0 Å². The summed E-state index contributed by atoms with van der Waals surface area (Å²) in [6.07, 6.45) is 0. The highest BCUT2D eigenvalue weighted by molar-refractivity contribution is 6.36. The van der Waals surface area contributed by atoms with Crippen LogP contribution < -0.4 is 0 Å². The van der Waals surface area contributed by atoms with Gasteiger partial charge in [-0.15, -0.1) is 0 Å². The monoisotopic (exact) mass is 292 g/mol. The number of aromatic hydroxyl groups is 1. The van der Waals surface area contributed by atoms with Gasteiger partial charge in [0.2, 0.25) is 0 Å². The number of hydrogen-bond acceptors (Lipinski definition) is 1. The van der Waals surface area contributed by atoms with Gasteiger partial charge in [0.15, 0.2) is 11.6 Å². The Morgan fingerprint density at radius 1 is 0.722 bits per heavy atom. The van der Waals surface area contributed by atoms with Gasteiger partial charge in [0.1, 0.15) is 11.6 Å². The number of benzene rings is 2. The summed E-state index contributed by atoms with van der Waals surface area (Å²) in [5.41, 5.74) is -0.170. The Morgan fingerprint density at radius 3 is 2.00 bits per heavy atom. The molecule has 1 nitrogen and oxygen atoms in total. The summed E-state index contributed by atoms with van der Waals surface area (Å²) in [6.45, 7) is 0. The number of hydrogen-bond donors (Lipinski definition) is 1. The zero-order chi connectivity index (χ0) is 13.4. The zero-order valence-electron chi connectivity index (χ0n) is 8.65. The fourth-order valence-corrected chi connectivity index (χ4v) is 1.90. The van der Waals surface area contributed by atoms with Crippen LogP contribution in [0.2, 0.25) is 10.0 Å². The van der Waals surface area contributed by atoms with Gasteiger partial charge in [0, 0.05) is 23.3 Å². The highest BCUT2D eigenvalue weighted by atomic mass is 35.5. The molecule has 0 unspecified atom stereocenters. The first-order valence-electron chi connectivity index (χ1n) is 4.73. The minimum absolute atomic E-state index is 0.0261. The van der Waals surface area contributed by atoms with Crippen LogP contribution in [0, 0.1) is 17.5 Å². The lowest BCUT2D eigenvalue weighted by molar-refractivity contribution is 0.475. The van der Waals surface area contributed by atoms with Crippen LogP contribution in [0.15, 0.2) is 24.3 Å². The molecule has 0 atom stereocenters. The highest BCUT2D eigenvalue weighted by Gasteiger charge is 2.15. The van der Waals surface area contributed by atoms with Crippen LogP contribution >= 0.6 is 23.2 Å². The van der Waals surface area contributed by atoms with E-state index in [1.165, 1.54) is 6.07 Å². The third-order valence-electron chi connectivity index (χ3n) is 2.34. The van der Waals surface area contributed by atoms with Crippen molar-refractivity contribution in [1.82, 2.24) is 0 Å². The van der Waals surface area contributed by atoms with Gasteiger partial charge < -0.3 is 5.11 Å². The second-order valence-electron chi connectivity index (χ2n) is 3.53. The van der Waals surface area contributed by atoms with E-state index in [-0.39, 0.29) is 26.9 Å². The van der Waals surface area contributed by atoms with Gasteiger partial charge in [-0.1, -0.05) is 23.2 Å². The maximum Gasteiger partial charge on any atom is 0.161 e. The van der Waals surface area contributed by atoms with E-state index in [9.17, 15) is 18.3 Å². The van der Waals surface area contributed by atoms with E-state index < -0.39 is 17.5 Å². The Balaban J connectivity index is 2.69. The van der Waals surface area contributed by atoms with Crippen molar-refractivity contribution in [3.8, 4) is 16.9 Å². The number of phenols is 1. The molecule has 1 N–H and O–H groups in total. The minimum atomic E-state index is -1.29. The molecular formula is C12H5Cl2F3O. The molecule has 0 spiro atoms. The Hall–Kier alpha value is -1.39. The molecule has 0 fully saturated rings.